The smallest absolute Gasteiger partial charge is 0.326 e. The van der Waals surface area contributed by atoms with Crippen molar-refractivity contribution in [2.45, 2.75) is 95.9 Å². The van der Waals surface area contributed by atoms with Crippen molar-refractivity contribution >= 4 is 53.3 Å². The molecule has 0 bridgehead atoms. The lowest BCUT2D eigenvalue weighted by Crippen LogP contribution is -2.57. The van der Waals surface area contributed by atoms with Crippen molar-refractivity contribution < 1.29 is 43.5 Å². The number of carbonyl (C=O) groups excluding carboxylic acids is 7. The summed E-state index contributed by atoms with van der Waals surface area (Å²) in [6.07, 6.45) is 1.89. The van der Waals surface area contributed by atoms with Crippen LogP contribution < -0.4 is 54.4 Å². The number of carbonyl (C=O) groups is 8. The van der Waals surface area contributed by atoms with Crippen LogP contribution in [0.1, 0.15) is 65.7 Å². The zero-order valence-electron chi connectivity index (χ0n) is 28.1. The fourth-order valence-corrected chi connectivity index (χ4v) is 4.65. The maximum Gasteiger partial charge on any atom is 0.326 e. The molecule has 0 aromatic heterocycles. The summed E-state index contributed by atoms with van der Waals surface area (Å²) >= 11 is 0. The minimum Gasteiger partial charge on any atom is -0.480 e. The van der Waals surface area contributed by atoms with E-state index in [9.17, 15) is 43.5 Å². The zero-order chi connectivity index (χ0) is 37.1. The van der Waals surface area contributed by atoms with Crippen molar-refractivity contribution in [1.29, 1.82) is 0 Å². The van der Waals surface area contributed by atoms with Crippen molar-refractivity contribution in [2.75, 3.05) is 26.2 Å². The Morgan fingerprint density at radius 2 is 1.47 bits per heavy atom. The van der Waals surface area contributed by atoms with Gasteiger partial charge in [0.25, 0.3) is 0 Å². The van der Waals surface area contributed by atoms with Crippen LogP contribution in [0.15, 0.2) is 4.99 Å². The Morgan fingerprint density at radius 1 is 0.837 bits per heavy atom. The molecule has 7 amide bonds. The highest BCUT2D eigenvalue weighted by atomic mass is 16.4. The molecule has 20 heteroatoms. The largest absolute Gasteiger partial charge is 0.480 e. The fraction of sp³-hybridized carbons (Fsp3) is 0.690. The number of aliphatic imine (C=N–C) groups is 1. The highest BCUT2D eigenvalue weighted by molar-refractivity contribution is 5.95. The van der Waals surface area contributed by atoms with Crippen molar-refractivity contribution in [3.05, 3.63) is 0 Å². The van der Waals surface area contributed by atoms with Gasteiger partial charge in [0.1, 0.15) is 24.2 Å². The monoisotopic (exact) mass is 697 g/mol. The predicted octanol–water partition coefficient (Wildman–Crippen LogP) is -4.62. The number of nitrogens with two attached hydrogens (primary N) is 3. The van der Waals surface area contributed by atoms with Gasteiger partial charge >= 0.3 is 5.97 Å². The highest BCUT2D eigenvalue weighted by Crippen LogP contribution is 2.09. The molecule has 1 aliphatic rings. The lowest BCUT2D eigenvalue weighted by atomic mass is 9.98. The van der Waals surface area contributed by atoms with Crippen molar-refractivity contribution in [3.63, 3.8) is 0 Å². The lowest BCUT2D eigenvalue weighted by Gasteiger charge is -2.25. The van der Waals surface area contributed by atoms with E-state index in [0.717, 1.165) is 6.42 Å². The third-order valence-corrected chi connectivity index (χ3v) is 7.68. The van der Waals surface area contributed by atoms with Crippen LogP contribution in [0.25, 0.3) is 0 Å². The third-order valence-electron chi connectivity index (χ3n) is 7.68. The standard InChI is InChI=1S/C29H51N11O9/c1-4-15(2)23(40-22(43)14-36-25(45)18(9-10-20(30)41)39-26(46)17-7-5-11-33-17)27(47)37-16(3)24(44)35-13-21(42)38-19(28(48)49)8-6-12-34-29(31)32/h15-19,23,33H,4-14H2,1-3H3,(H2,30,41)(H,35,44)(H,36,45)(H,37,47)(H,38,42)(H,39,46)(H,40,43)(H,48,49)(H4,31,32,34)/t15-,16-,17-,18-,19-,23-/m0/s1. The molecule has 14 N–H and O–H groups in total. The van der Waals surface area contributed by atoms with E-state index in [0.29, 0.717) is 19.4 Å². The van der Waals surface area contributed by atoms with Gasteiger partial charge in [-0.05, 0) is 51.5 Å². The first kappa shape index (κ1) is 42.0. The summed E-state index contributed by atoms with van der Waals surface area (Å²) in [4.78, 5) is 103. The fourth-order valence-electron chi connectivity index (χ4n) is 4.65. The molecular weight excluding hydrogens is 646 g/mol. The first-order valence-corrected chi connectivity index (χ1v) is 16.1. The van der Waals surface area contributed by atoms with E-state index in [1.807, 2.05) is 0 Å². The molecule has 1 heterocycles. The van der Waals surface area contributed by atoms with Gasteiger partial charge in [0.05, 0.1) is 19.1 Å². The van der Waals surface area contributed by atoms with Crippen LogP contribution in [0, 0.1) is 5.92 Å². The van der Waals surface area contributed by atoms with Gasteiger partial charge in [0, 0.05) is 13.0 Å². The minimum atomic E-state index is -1.28. The summed E-state index contributed by atoms with van der Waals surface area (Å²) in [7, 11) is 0. The Labute approximate surface area is 284 Å². The van der Waals surface area contributed by atoms with E-state index >= 15 is 0 Å². The second kappa shape index (κ2) is 21.8. The number of aliphatic carboxylic acids is 1. The Balaban J connectivity index is 2.69. The Kier molecular flexibility index (Phi) is 18.7. The summed E-state index contributed by atoms with van der Waals surface area (Å²) in [6.45, 7) is 4.53. The molecule has 49 heavy (non-hydrogen) atoms. The second-order valence-electron chi connectivity index (χ2n) is 11.7. The number of rotatable bonds is 22. The predicted molar refractivity (Wildman–Crippen MR) is 176 cm³/mol. The van der Waals surface area contributed by atoms with Gasteiger partial charge in [0.15, 0.2) is 5.96 Å². The number of hydrogen-bond donors (Lipinski definition) is 11. The molecule has 1 aliphatic heterocycles. The van der Waals surface area contributed by atoms with Crippen molar-refractivity contribution in [3.8, 4) is 0 Å². The van der Waals surface area contributed by atoms with Gasteiger partial charge in [0.2, 0.25) is 41.4 Å². The molecule has 1 rings (SSSR count). The number of nitrogens with one attached hydrogen (secondary N) is 7. The van der Waals surface area contributed by atoms with E-state index in [-0.39, 0.29) is 38.2 Å². The van der Waals surface area contributed by atoms with E-state index in [4.69, 9.17) is 17.2 Å². The molecule has 6 atom stereocenters. The molecule has 0 spiro atoms. The SMILES string of the molecule is CC[C@H](C)[C@H](NC(=O)CNC(=O)[C@H](CCC(N)=O)NC(=O)[C@@H]1CCCN1)C(=O)N[C@@H](C)C(=O)NCC(=O)N[C@@H](CCCN=C(N)N)C(=O)O. The third kappa shape index (κ3) is 16.6. The molecule has 1 fully saturated rings. The first-order valence-electron chi connectivity index (χ1n) is 16.1. The number of carboxylic acids is 1. The summed E-state index contributed by atoms with van der Waals surface area (Å²) in [5, 5.41) is 27.0. The minimum absolute atomic E-state index is 0.0369. The Morgan fingerprint density at radius 3 is 2.02 bits per heavy atom. The Bertz CT molecular complexity index is 1220. The number of carboxylic acid groups (broad SMARTS) is 1. The molecule has 0 unspecified atom stereocenters. The maximum absolute atomic E-state index is 13.1. The van der Waals surface area contributed by atoms with Crippen LogP contribution in [0.2, 0.25) is 0 Å². The van der Waals surface area contributed by atoms with E-state index in [1.54, 1.807) is 13.8 Å². The topological polar surface area (TPSA) is 331 Å². The number of guanidine groups is 1. The van der Waals surface area contributed by atoms with Crippen LogP contribution in [-0.4, -0.2) is 115 Å². The quantitative estimate of drug-likeness (QED) is 0.0289. The van der Waals surface area contributed by atoms with Gasteiger partial charge in [-0.1, -0.05) is 20.3 Å². The van der Waals surface area contributed by atoms with Crippen molar-refractivity contribution in [1.82, 2.24) is 37.2 Å². The van der Waals surface area contributed by atoms with Crippen LogP contribution in [0.5, 0.6) is 0 Å². The molecular formula is C29H51N11O9. The normalized spacial score (nSPS) is 16.8. The average Bonchev–Trinajstić information content (AvgIpc) is 3.59. The van der Waals surface area contributed by atoms with Crippen LogP contribution in [0.4, 0.5) is 0 Å². The molecule has 276 valence electrons. The molecule has 0 radical (unpaired) electrons. The number of hydrogen-bond acceptors (Lipinski definition) is 10. The van der Waals surface area contributed by atoms with Crippen LogP contribution >= 0.6 is 0 Å². The van der Waals surface area contributed by atoms with Crippen molar-refractivity contribution in [2.24, 2.45) is 28.1 Å². The van der Waals surface area contributed by atoms with E-state index in [1.165, 1.54) is 6.92 Å². The molecule has 0 aromatic carbocycles. The van der Waals surface area contributed by atoms with E-state index in [2.05, 4.69) is 42.2 Å². The summed E-state index contributed by atoms with van der Waals surface area (Å²) in [6, 6.07) is -5.11. The Hall–Kier alpha value is -5.01. The molecule has 1 saturated heterocycles. The molecule has 0 aliphatic carbocycles. The average molecular weight is 698 g/mol. The van der Waals surface area contributed by atoms with E-state index < -0.39 is 96.5 Å². The zero-order valence-corrected chi connectivity index (χ0v) is 28.1. The van der Waals surface area contributed by atoms with Gasteiger partial charge in [-0.2, -0.15) is 0 Å². The van der Waals surface area contributed by atoms with Crippen LogP contribution in [0.3, 0.4) is 0 Å². The van der Waals surface area contributed by atoms with Crippen LogP contribution in [-0.2, 0) is 38.4 Å². The van der Waals surface area contributed by atoms with Gasteiger partial charge in [-0.25, -0.2) is 4.79 Å². The molecule has 20 nitrogen and oxygen atoms in total. The lowest BCUT2D eigenvalue weighted by molar-refractivity contribution is -0.142. The van der Waals surface area contributed by atoms with Gasteiger partial charge in [-0.15, -0.1) is 0 Å². The molecule has 0 aromatic rings. The number of primary amides is 1. The molecule has 0 saturated carbocycles. The second-order valence-corrected chi connectivity index (χ2v) is 11.7. The first-order chi connectivity index (χ1) is 23.0. The summed E-state index contributed by atoms with van der Waals surface area (Å²) in [5.74, 6) is -6.60. The number of nitrogens with zero attached hydrogens (tertiary/aromatic N) is 1. The maximum atomic E-state index is 13.1. The van der Waals surface area contributed by atoms with Gasteiger partial charge in [-0.3, -0.25) is 38.6 Å². The summed E-state index contributed by atoms with van der Waals surface area (Å²) in [5.41, 5.74) is 15.7. The number of amides is 7. The van der Waals surface area contributed by atoms with Gasteiger partial charge < -0.3 is 59.5 Å². The summed E-state index contributed by atoms with van der Waals surface area (Å²) < 4.78 is 0. The highest BCUT2D eigenvalue weighted by Gasteiger charge is 2.30.